The molecule has 0 atom stereocenters. The Kier molecular flexibility index (Phi) is 7.25. The lowest BCUT2D eigenvalue weighted by molar-refractivity contribution is -0.131. The molecule has 0 aliphatic rings. The number of benzene rings is 2. The lowest BCUT2D eigenvalue weighted by Crippen LogP contribution is -2.02. The molecule has 1 heterocycles. The number of hydrogen-bond acceptors (Lipinski definition) is 7. The van der Waals surface area contributed by atoms with E-state index in [1.807, 2.05) is 19.9 Å². The molecule has 0 radical (unpaired) electrons. The van der Waals surface area contributed by atoms with Crippen molar-refractivity contribution in [1.82, 2.24) is 0 Å². The highest BCUT2D eigenvalue weighted by Gasteiger charge is 2.15. The van der Waals surface area contributed by atoms with Crippen LogP contribution in [-0.4, -0.2) is 21.3 Å². The smallest absolute Gasteiger partial charge is 0.308 e. The fraction of sp³-hybridized carbons (Fsp3) is 0.217. The molecular weight excluding hydrogens is 388 g/mol. The van der Waals surface area contributed by atoms with Crippen molar-refractivity contribution in [3.05, 3.63) is 69.6 Å². The van der Waals surface area contributed by atoms with Gasteiger partial charge in [0, 0.05) is 24.6 Å². The van der Waals surface area contributed by atoms with Gasteiger partial charge in [-0.05, 0) is 51.5 Å². The summed E-state index contributed by atoms with van der Waals surface area (Å²) in [5, 5.41) is 29.1. The van der Waals surface area contributed by atoms with Gasteiger partial charge in [-0.3, -0.25) is 9.59 Å². The summed E-state index contributed by atoms with van der Waals surface area (Å²) in [5.74, 6) is 0.387. The predicted molar refractivity (Wildman–Crippen MR) is 113 cm³/mol. The van der Waals surface area contributed by atoms with Gasteiger partial charge in [0.25, 0.3) is 0 Å². The maximum absolute atomic E-state index is 11.9. The van der Waals surface area contributed by atoms with E-state index in [2.05, 4.69) is 0 Å². The summed E-state index contributed by atoms with van der Waals surface area (Å²) in [6.07, 6.45) is 2.24. The molecule has 3 aromatic rings. The molecule has 3 N–H and O–H groups in total. The number of carbonyl (C=O) groups excluding carboxylic acids is 1. The van der Waals surface area contributed by atoms with E-state index in [1.165, 1.54) is 43.3 Å². The zero-order chi connectivity index (χ0) is 22.4. The van der Waals surface area contributed by atoms with Crippen LogP contribution in [0.3, 0.4) is 0 Å². The fourth-order valence-electron chi connectivity index (χ4n) is 2.64. The van der Waals surface area contributed by atoms with E-state index in [0.717, 1.165) is 5.57 Å². The minimum absolute atomic E-state index is 0.0729. The number of allylic oxidation sites excluding steroid dienone is 2. The summed E-state index contributed by atoms with van der Waals surface area (Å²) in [6.45, 7) is 6.82. The topological polar surface area (TPSA) is 117 Å². The van der Waals surface area contributed by atoms with Gasteiger partial charge >= 0.3 is 5.97 Å². The molecule has 1 aromatic heterocycles. The third-order valence-electron chi connectivity index (χ3n) is 4.01. The monoisotopic (exact) mass is 412 g/mol. The van der Waals surface area contributed by atoms with Gasteiger partial charge in [0.05, 0.1) is 0 Å². The number of rotatable bonds is 3. The van der Waals surface area contributed by atoms with Gasteiger partial charge < -0.3 is 24.5 Å². The molecular formula is C23H24O7. The average molecular weight is 412 g/mol. The van der Waals surface area contributed by atoms with Gasteiger partial charge in [0.15, 0.2) is 5.43 Å². The summed E-state index contributed by atoms with van der Waals surface area (Å²) in [5.41, 5.74) is 1.29. The van der Waals surface area contributed by atoms with Crippen LogP contribution in [0, 0.1) is 6.92 Å². The molecule has 0 amide bonds. The molecule has 7 heteroatoms. The van der Waals surface area contributed by atoms with Crippen LogP contribution in [0.4, 0.5) is 0 Å². The van der Waals surface area contributed by atoms with Crippen molar-refractivity contribution in [2.45, 2.75) is 34.1 Å². The Balaban J connectivity index is 0.000000248. The highest BCUT2D eigenvalue weighted by atomic mass is 16.5. The van der Waals surface area contributed by atoms with Crippen LogP contribution in [-0.2, 0) is 11.2 Å². The van der Waals surface area contributed by atoms with Crippen molar-refractivity contribution in [2.75, 3.05) is 0 Å². The molecule has 0 aliphatic carbocycles. The number of carbonyl (C=O) groups is 1. The largest absolute Gasteiger partial charge is 0.508 e. The average Bonchev–Trinajstić information content (AvgIpc) is 2.62. The maximum Gasteiger partial charge on any atom is 0.308 e. The Morgan fingerprint density at radius 3 is 2.27 bits per heavy atom. The molecule has 0 spiro atoms. The number of aromatic hydroxyl groups is 3. The van der Waals surface area contributed by atoms with E-state index in [-0.39, 0.29) is 39.6 Å². The number of fused-ring (bicyclic) bond motifs is 1. The van der Waals surface area contributed by atoms with E-state index in [0.29, 0.717) is 23.5 Å². The molecule has 3 rings (SSSR count). The van der Waals surface area contributed by atoms with Crippen LogP contribution in [0.2, 0.25) is 0 Å². The lowest BCUT2D eigenvalue weighted by Gasteiger charge is -2.08. The van der Waals surface area contributed by atoms with Crippen LogP contribution in [0.5, 0.6) is 23.0 Å². The Morgan fingerprint density at radius 1 is 1.07 bits per heavy atom. The van der Waals surface area contributed by atoms with Crippen molar-refractivity contribution >= 4 is 16.9 Å². The normalized spacial score (nSPS) is 10.1. The van der Waals surface area contributed by atoms with Gasteiger partial charge in [-0.25, -0.2) is 0 Å². The predicted octanol–water partition coefficient (Wildman–Crippen LogP) is 4.34. The van der Waals surface area contributed by atoms with Gasteiger partial charge in [0.2, 0.25) is 0 Å². The first-order valence-corrected chi connectivity index (χ1v) is 9.17. The SMILES string of the molecule is CC(=O)Oc1ccc(O)cc1.CC(C)=CCc1c(O)cc2oc(C)cc(=O)c2c1O. The molecule has 30 heavy (non-hydrogen) atoms. The van der Waals surface area contributed by atoms with Gasteiger partial charge in [-0.2, -0.15) is 0 Å². The van der Waals surface area contributed by atoms with E-state index in [4.69, 9.17) is 14.3 Å². The summed E-state index contributed by atoms with van der Waals surface area (Å²) in [7, 11) is 0. The summed E-state index contributed by atoms with van der Waals surface area (Å²) in [6, 6.07) is 8.66. The van der Waals surface area contributed by atoms with Crippen molar-refractivity contribution in [3.63, 3.8) is 0 Å². The second kappa shape index (κ2) is 9.65. The highest BCUT2D eigenvalue weighted by Crippen LogP contribution is 2.34. The third-order valence-corrected chi connectivity index (χ3v) is 4.01. The Hall–Kier alpha value is -3.74. The molecule has 158 valence electrons. The number of phenols is 3. The second-order valence-corrected chi connectivity index (χ2v) is 6.89. The minimum Gasteiger partial charge on any atom is -0.508 e. The molecule has 0 bridgehead atoms. The van der Waals surface area contributed by atoms with Crippen LogP contribution < -0.4 is 10.2 Å². The van der Waals surface area contributed by atoms with Crippen molar-refractivity contribution in [2.24, 2.45) is 0 Å². The van der Waals surface area contributed by atoms with Crippen molar-refractivity contribution in [1.29, 1.82) is 0 Å². The van der Waals surface area contributed by atoms with E-state index in [1.54, 1.807) is 6.92 Å². The second-order valence-electron chi connectivity index (χ2n) is 6.89. The van der Waals surface area contributed by atoms with Gasteiger partial charge in [-0.1, -0.05) is 11.6 Å². The van der Waals surface area contributed by atoms with Crippen molar-refractivity contribution in [3.8, 4) is 23.0 Å². The maximum atomic E-state index is 11.9. The third kappa shape index (κ3) is 5.88. The first-order chi connectivity index (χ1) is 14.1. The Labute approximate surface area is 173 Å². The Morgan fingerprint density at radius 2 is 1.70 bits per heavy atom. The molecule has 2 aromatic carbocycles. The molecule has 0 aliphatic heterocycles. The number of hydrogen-bond donors (Lipinski definition) is 3. The van der Waals surface area contributed by atoms with E-state index >= 15 is 0 Å². The van der Waals surface area contributed by atoms with Crippen molar-refractivity contribution < 1.29 is 29.3 Å². The number of aryl methyl sites for hydroxylation is 1. The lowest BCUT2D eigenvalue weighted by atomic mass is 10.0. The standard InChI is InChI=1S/C15H16O4.C8H8O3/c1-8(2)4-5-10-11(16)7-13-14(15(10)18)12(17)6-9(3)19-13;1-6(9)11-8-4-2-7(10)3-5-8/h4,6-7,16,18H,5H2,1-3H3;2-5,10H,1H3. The van der Waals surface area contributed by atoms with E-state index in [9.17, 15) is 19.8 Å². The highest BCUT2D eigenvalue weighted by molar-refractivity contribution is 5.86. The van der Waals surface area contributed by atoms with Crippen LogP contribution in [0.1, 0.15) is 32.1 Å². The quantitative estimate of drug-likeness (QED) is 0.333. The summed E-state index contributed by atoms with van der Waals surface area (Å²) < 4.78 is 10.1. The summed E-state index contributed by atoms with van der Waals surface area (Å²) in [4.78, 5) is 22.3. The summed E-state index contributed by atoms with van der Waals surface area (Å²) >= 11 is 0. The first-order valence-electron chi connectivity index (χ1n) is 9.17. The zero-order valence-corrected chi connectivity index (χ0v) is 17.2. The minimum atomic E-state index is -0.365. The molecule has 0 saturated carbocycles. The Bertz CT molecular complexity index is 1130. The number of phenolic OH excluding ortho intramolecular Hbond substituents is 3. The molecule has 0 saturated heterocycles. The molecule has 0 unspecified atom stereocenters. The van der Waals surface area contributed by atoms with Crippen LogP contribution in [0.25, 0.3) is 11.0 Å². The first kappa shape index (κ1) is 22.5. The zero-order valence-electron chi connectivity index (χ0n) is 17.2. The molecule has 7 nitrogen and oxygen atoms in total. The number of esters is 1. The van der Waals surface area contributed by atoms with Crippen LogP contribution in [0.15, 0.2) is 57.3 Å². The molecule has 0 fully saturated rings. The fourth-order valence-corrected chi connectivity index (χ4v) is 2.64. The van der Waals surface area contributed by atoms with Gasteiger partial charge in [0.1, 0.15) is 39.7 Å². The number of ether oxygens (including phenoxy) is 1. The van der Waals surface area contributed by atoms with Gasteiger partial charge in [-0.15, -0.1) is 0 Å². The van der Waals surface area contributed by atoms with Crippen LogP contribution >= 0.6 is 0 Å². The van der Waals surface area contributed by atoms with E-state index < -0.39 is 0 Å².